The van der Waals surface area contributed by atoms with Crippen LogP contribution in [0.2, 0.25) is 0 Å². The van der Waals surface area contributed by atoms with Gasteiger partial charge in [0.05, 0.1) is 6.04 Å². The van der Waals surface area contributed by atoms with Crippen molar-refractivity contribution in [1.29, 1.82) is 0 Å². The second-order valence-corrected chi connectivity index (χ2v) is 4.13. The van der Waals surface area contributed by atoms with Crippen LogP contribution in [-0.2, 0) is 0 Å². The van der Waals surface area contributed by atoms with Crippen molar-refractivity contribution in [2.24, 2.45) is 0 Å². The summed E-state index contributed by atoms with van der Waals surface area (Å²) in [6.45, 7) is 7.08. The summed E-state index contributed by atoms with van der Waals surface area (Å²) >= 11 is 0. The highest BCUT2D eigenvalue weighted by Crippen LogP contribution is 2.25. The van der Waals surface area contributed by atoms with Crippen LogP contribution in [0.25, 0.3) is 0 Å². The topological polar surface area (TPSA) is 15.3 Å². The third kappa shape index (κ3) is 3.28. The molecule has 1 N–H and O–H groups in total. The highest BCUT2D eigenvalue weighted by molar-refractivity contribution is 5.85. The molecule has 0 radical (unpaired) electrons. The molecule has 0 spiro atoms. The Kier molecular flexibility index (Phi) is 5.72. The van der Waals surface area contributed by atoms with E-state index in [-0.39, 0.29) is 24.3 Å². The fraction of sp³-hybridized carbons (Fsp3) is 0.385. The Balaban J connectivity index is 0.00000162. The molecule has 0 aliphatic carbocycles. The first-order valence-electron chi connectivity index (χ1n) is 5.74. The van der Waals surface area contributed by atoms with Crippen molar-refractivity contribution < 1.29 is 8.78 Å². The van der Waals surface area contributed by atoms with Crippen LogP contribution in [0, 0.1) is 11.6 Å². The highest BCUT2D eigenvalue weighted by Gasteiger charge is 2.22. The smallest absolute Gasteiger partial charge is 0.128 e. The Morgan fingerprint density at radius 1 is 1.28 bits per heavy atom. The maximum absolute atomic E-state index is 13.7. The summed E-state index contributed by atoms with van der Waals surface area (Å²) in [7, 11) is 0. The molecule has 2 nitrogen and oxygen atoms in total. The van der Waals surface area contributed by atoms with E-state index in [1.165, 1.54) is 12.1 Å². The van der Waals surface area contributed by atoms with Gasteiger partial charge in [0.2, 0.25) is 0 Å². The molecule has 0 saturated carbocycles. The van der Waals surface area contributed by atoms with Crippen LogP contribution in [-0.4, -0.2) is 31.1 Å². The molecular formula is C13H17ClF2N2. The van der Waals surface area contributed by atoms with E-state index in [0.717, 1.165) is 32.2 Å². The van der Waals surface area contributed by atoms with E-state index < -0.39 is 5.82 Å². The maximum Gasteiger partial charge on any atom is 0.128 e. The normalized spacial score (nSPS) is 17.9. The zero-order valence-electron chi connectivity index (χ0n) is 10.0. The molecule has 1 aromatic rings. The third-order valence-electron chi connectivity index (χ3n) is 3.04. The molecule has 1 aliphatic rings. The molecule has 100 valence electrons. The first-order valence-corrected chi connectivity index (χ1v) is 5.74. The summed E-state index contributed by atoms with van der Waals surface area (Å²) in [6, 6.07) is 3.30. The minimum absolute atomic E-state index is 0. The molecule has 18 heavy (non-hydrogen) atoms. The predicted octanol–water partition coefficient (Wildman–Crippen LogP) is 2.52. The molecule has 0 unspecified atom stereocenters. The largest absolute Gasteiger partial charge is 0.314 e. The Morgan fingerprint density at radius 2 is 1.94 bits per heavy atom. The van der Waals surface area contributed by atoms with Crippen LogP contribution in [0.5, 0.6) is 0 Å². The van der Waals surface area contributed by atoms with Gasteiger partial charge in [0.25, 0.3) is 0 Å². The summed E-state index contributed by atoms with van der Waals surface area (Å²) in [5.74, 6) is -0.793. The SMILES string of the molecule is C=C[C@@H](c1cc(F)ccc1F)N1CCNCC1.Cl. The van der Waals surface area contributed by atoms with Crippen molar-refractivity contribution in [1.82, 2.24) is 10.2 Å². The van der Waals surface area contributed by atoms with Gasteiger partial charge in [-0.1, -0.05) is 6.08 Å². The molecule has 0 amide bonds. The van der Waals surface area contributed by atoms with Crippen molar-refractivity contribution in [3.05, 3.63) is 48.1 Å². The quantitative estimate of drug-likeness (QED) is 0.852. The fourth-order valence-corrected chi connectivity index (χ4v) is 2.17. The summed E-state index contributed by atoms with van der Waals surface area (Å²) in [5.41, 5.74) is 0.363. The van der Waals surface area contributed by atoms with E-state index in [2.05, 4.69) is 16.8 Å². The second-order valence-electron chi connectivity index (χ2n) is 4.13. The molecule has 1 saturated heterocycles. The molecule has 0 bridgehead atoms. The van der Waals surface area contributed by atoms with Crippen LogP contribution in [0.15, 0.2) is 30.9 Å². The molecule has 1 aliphatic heterocycles. The van der Waals surface area contributed by atoms with Crippen molar-refractivity contribution in [2.45, 2.75) is 6.04 Å². The van der Waals surface area contributed by atoms with Gasteiger partial charge >= 0.3 is 0 Å². The lowest BCUT2D eigenvalue weighted by Crippen LogP contribution is -2.44. The standard InChI is InChI=1S/C13H16F2N2.ClH/c1-2-13(17-7-5-16-6-8-17)11-9-10(14)3-4-12(11)15;/h2-4,9,13,16H,1,5-8H2;1H/t13-;/m0./s1. The summed E-state index contributed by atoms with van der Waals surface area (Å²) in [6.07, 6.45) is 1.67. The molecule has 2 rings (SSSR count). The van der Waals surface area contributed by atoms with Gasteiger partial charge in [-0.15, -0.1) is 19.0 Å². The van der Waals surface area contributed by atoms with Gasteiger partial charge < -0.3 is 5.32 Å². The Bertz CT molecular complexity index is 406. The molecule has 1 atom stereocenters. The van der Waals surface area contributed by atoms with Gasteiger partial charge in [0.15, 0.2) is 0 Å². The van der Waals surface area contributed by atoms with Gasteiger partial charge in [0, 0.05) is 31.7 Å². The lowest BCUT2D eigenvalue weighted by molar-refractivity contribution is 0.200. The van der Waals surface area contributed by atoms with E-state index in [1.807, 2.05) is 0 Å². The Morgan fingerprint density at radius 3 is 2.56 bits per heavy atom. The minimum Gasteiger partial charge on any atom is -0.314 e. The number of hydrogen-bond acceptors (Lipinski definition) is 2. The molecular weight excluding hydrogens is 258 g/mol. The van der Waals surface area contributed by atoms with Gasteiger partial charge in [0.1, 0.15) is 11.6 Å². The monoisotopic (exact) mass is 274 g/mol. The Hall–Kier alpha value is -0.970. The number of piperazine rings is 1. The van der Waals surface area contributed by atoms with E-state index in [9.17, 15) is 8.78 Å². The molecule has 1 heterocycles. The van der Waals surface area contributed by atoms with Crippen LogP contribution < -0.4 is 5.32 Å². The number of halogens is 3. The molecule has 0 aromatic heterocycles. The summed E-state index contributed by atoms with van der Waals surface area (Å²) in [4.78, 5) is 2.10. The van der Waals surface area contributed by atoms with Gasteiger partial charge in [-0.2, -0.15) is 0 Å². The second kappa shape index (κ2) is 6.83. The van der Waals surface area contributed by atoms with E-state index in [1.54, 1.807) is 6.08 Å². The predicted molar refractivity (Wildman–Crippen MR) is 71.0 cm³/mol. The molecule has 5 heteroatoms. The zero-order chi connectivity index (χ0) is 12.3. The van der Waals surface area contributed by atoms with Crippen molar-refractivity contribution in [3.8, 4) is 0 Å². The maximum atomic E-state index is 13.7. The molecule has 1 fully saturated rings. The van der Waals surface area contributed by atoms with E-state index in [4.69, 9.17) is 0 Å². The number of rotatable bonds is 3. The lowest BCUT2D eigenvalue weighted by atomic mass is 10.0. The lowest BCUT2D eigenvalue weighted by Gasteiger charge is -2.33. The average Bonchev–Trinajstić information content (AvgIpc) is 2.36. The van der Waals surface area contributed by atoms with Crippen LogP contribution in [0.1, 0.15) is 11.6 Å². The van der Waals surface area contributed by atoms with Crippen LogP contribution in [0.3, 0.4) is 0 Å². The van der Waals surface area contributed by atoms with Crippen molar-refractivity contribution >= 4 is 12.4 Å². The average molecular weight is 275 g/mol. The Labute approximate surface area is 112 Å². The van der Waals surface area contributed by atoms with Gasteiger partial charge in [-0.05, 0) is 18.2 Å². The van der Waals surface area contributed by atoms with Crippen LogP contribution >= 0.6 is 12.4 Å². The van der Waals surface area contributed by atoms with Crippen molar-refractivity contribution in [2.75, 3.05) is 26.2 Å². The van der Waals surface area contributed by atoms with E-state index in [0.29, 0.717) is 5.56 Å². The number of hydrogen-bond donors (Lipinski definition) is 1. The number of nitrogens with zero attached hydrogens (tertiary/aromatic N) is 1. The highest BCUT2D eigenvalue weighted by atomic mass is 35.5. The van der Waals surface area contributed by atoms with Gasteiger partial charge in [-0.25, -0.2) is 8.78 Å². The van der Waals surface area contributed by atoms with Crippen molar-refractivity contribution in [3.63, 3.8) is 0 Å². The first kappa shape index (κ1) is 15.1. The first-order chi connectivity index (χ1) is 8.22. The fourth-order valence-electron chi connectivity index (χ4n) is 2.17. The summed E-state index contributed by atoms with van der Waals surface area (Å²) in [5, 5.41) is 3.23. The zero-order valence-corrected chi connectivity index (χ0v) is 10.9. The third-order valence-corrected chi connectivity index (χ3v) is 3.04. The van der Waals surface area contributed by atoms with Gasteiger partial charge in [-0.3, -0.25) is 4.90 Å². The van der Waals surface area contributed by atoms with Crippen LogP contribution in [0.4, 0.5) is 8.78 Å². The minimum atomic E-state index is -0.414. The molecule has 1 aromatic carbocycles. The summed E-state index contributed by atoms with van der Waals surface area (Å²) < 4.78 is 26.9. The number of nitrogens with one attached hydrogen (secondary N) is 1. The van der Waals surface area contributed by atoms with E-state index >= 15 is 0 Å². The number of benzene rings is 1.